The van der Waals surface area contributed by atoms with E-state index in [2.05, 4.69) is 54.6 Å². The predicted molar refractivity (Wildman–Crippen MR) is 89.3 cm³/mol. The highest BCUT2D eigenvalue weighted by Crippen LogP contribution is 2.27. The second-order valence-electron chi connectivity index (χ2n) is 5.51. The molecule has 0 spiro atoms. The average molecular weight is 373 g/mol. The van der Waals surface area contributed by atoms with Gasteiger partial charge in [0.2, 0.25) is 0 Å². The summed E-state index contributed by atoms with van der Waals surface area (Å²) < 4.78 is 6.02. The van der Waals surface area contributed by atoms with Crippen LogP contribution in [0.15, 0.2) is 50.2 Å². The van der Waals surface area contributed by atoms with Gasteiger partial charge in [-0.25, -0.2) is 14.9 Å². The zero-order chi connectivity index (χ0) is 15.8. The van der Waals surface area contributed by atoms with E-state index in [1.165, 1.54) is 11.1 Å². The summed E-state index contributed by atoms with van der Waals surface area (Å²) in [6, 6.07) is 10.4. The normalized spacial score (nSPS) is 16.3. The third-order valence-electron chi connectivity index (χ3n) is 3.90. The van der Waals surface area contributed by atoms with Crippen LogP contribution in [0.1, 0.15) is 11.1 Å². The minimum absolute atomic E-state index is 0.243. The molecule has 0 bridgehead atoms. The van der Waals surface area contributed by atoms with Crippen LogP contribution >= 0.6 is 15.9 Å². The number of H-pyrrole nitrogens is 1. The van der Waals surface area contributed by atoms with Gasteiger partial charge in [-0.2, -0.15) is 0 Å². The van der Waals surface area contributed by atoms with E-state index in [0.717, 1.165) is 23.1 Å². The quantitative estimate of drug-likeness (QED) is 0.738. The largest absolute Gasteiger partial charge is 0.434 e. The minimum atomic E-state index is -0.572. The molecule has 0 aliphatic heterocycles. The Bertz CT molecular complexity index is 901. The van der Waals surface area contributed by atoms with Gasteiger partial charge < -0.3 is 9.73 Å². The first-order valence-corrected chi connectivity index (χ1v) is 8.02. The monoisotopic (exact) mass is 372 g/mol. The molecule has 0 amide bonds. The predicted octanol–water partition coefficient (Wildman–Crippen LogP) is 2.77. The lowest BCUT2D eigenvalue weighted by atomic mass is 10.1. The summed E-state index contributed by atoms with van der Waals surface area (Å²) in [5.74, 6) is 0.466. The van der Waals surface area contributed by atoms with Crippen LogP contribution in [-0.2, 0) is 12.8 Å². The Labute approximate surface area is 140 Å². The molecule has 1 unspecified atom stereocenters. The first-order chi connectivity index (χ1) is 11.2. The summed E-state index contributed by atoms with van der Waals surface area (Å²) in [4.78, 5) is 15.3. The smallest absolute Gasteiger partial charge is 0.388 e. The summed E-state index contributed by atoms with van der Waals surface area (Å²) in [5, 5.41) is 9.47. The van der Waals surface area contributed by atoms with Crippen molar-refractivity contribution in [1.82, 2.24) is 15.2 Å². The molecule has 0 saturated heterocycles. The summed E-state index contributed by atoms with van der Waals surface area (Å²) in [6.45, 7) is 0. The van der Waals surface area contributed by atoms with Crippen molar-refractivity contribution in [2.45, 2.75) is 18.9 Å². The minimum Gasteiger partial charge on any atom is -0.388 e. The van der Waals surface area contributed by atoms with Gasteiger partial charge in [0.25, 0.3) is 5.89 Å². The molecule has 3 aromatic rings. The van der Waals surface area contributed by atoms with Crippen LogP contribution in [0.5, 0.6) is 0 Å². The maximum Gasteiger partial charge on any atom is 0.434 e. The molecule has 0 radical (unpaired) electrons. The van der Waals surface area contributed by atoms with Gasteiger partial charge in [0.05, 0.1) is 5.56 Å². The van der Waals surface area contributed by atoms with Crippen molar-refractivity contribution in [3.63, 3.8) is 0 Å². The van der Waals surface area contributed by atoms with Crippen molar-refractivity contribution < 1.29 is 4.42 Å². The van der Waals surface area contributed by atoms with Crippen LogP contribution in [0.3, 0.4) is 0 Å². The van der Waals surface area contributed by atoms with Crippen molar-refractivity contribution in [1.29, 1.82) is 0 Å². The molecule has 6 nitrogen and oxygen atoms in total. The number of rotatable bonds is 3. The van der Waals surface area contributed by atoms with Crippen molar-refractivity contribution in [3.8, 4) is 11.5 Å². The lowest BCUT2D eigenvalue weighted by molar-refractivity contribution is 0.527. The summed E-state index contributed by atoms with van der Waals surface area (Å²) in [6.07, 6.45) is 3.60. The second-order valence-corrected chi connectivity index (χ2v) is 6.43. The zero-order valence-electron chi connectivity index (χ0n) is 12.0. The Morgan fingerprint density at radius 3 is 2.83 bits per heavy atom. The maximum absolute atomic E-state index is 11.0. The lowest BCUT2D eigenvalue weighted by Crippen LogP contribution is -2.20. The highest BCUT2D eigenvalue weighted by atomic mass is 79.9. The van der Waals surface area contributed by atoms with Crippen molar-refractivity contribution >= 4 is 21.7 Å². The Morgan fingerprint density at radius 2 is 2.09 bits per heavy atom. The fraction of sp³-hybridized carbons (Fsp3) is 0.188. The van der Waals surface area contributed by atoms with Gasteiger partial charge in [-0.05, 0) is 48.2 Å². The van der Waals surface area contributed by atoms with Gasteiger partial charge in [0.15, 0.2) is 0 Å². The van der Waals surface area contributed by atoms with Gasteiger partial charge in [-0.1, -0.05) is 22.0 Å². The molecular weight excluding hydrogens is 360 g/mol. The number of anilines is 1. The molecule has 116 valence electrons. The Balaban J connectivity index is 1.47. The molecule has 2 aromatic heterocycles. The molecule has 1 aromatic carbocycles. The number of fused-ring (bicyclic) bond motifs is 1. The van der Waals surface area contributed by atoms with E-state index < -0.39 is 5.76 Å². The van der Waals surface area contributed by atoms with E-state index >= 15 is 0 Å². The van der Waals surface area contributed by atoms with E-state index in [4.69, 9.17) is 4.42 Å². The number of aromatic nitrogens is 3. The number of halogens is 1. The third kappa shape index (κ3) is 2.92. The molecular formula is C16H13BrN4O2. The van der Waals surface area contributed by atoms with Crippen LogP contribution in [-0.4, -0.2) is 21.2 Å². The number of aromatic amines is 1. The van der Waals surface area contributed by atoms with E-state index in [9.17, 15) is 4.79 Å². The first kappa shape index (κ1) is 14.2. The van der Waals surface area contributed by atoms with Crippen molar-refractivity contribution in [2.75, 3.05) is 5.32 Å². The van der Waals surface area contributed by atoms with Gasteiger partial charge in [0, 0.05) is 16.7 Å². The molecule has 4 rings (SSSR count). The highest BCUT2D eigenvalue weighted by molar-refractivity contribution is 9.10. The van der Waals surface area contributed by atoms with Crippen LogP contribution < -0.4 is 11.1 Å². The van der Waals surface area contributed by atoms with E-state index in [1.54, 1.807) is 6.20 Å². The highest BCUT2D eigenvalue weighted by Gasteiger charge is 2.21. The summed E-state index contributed by atoms with van der Waals surface area (Å²) >= 11 is 3.51. The van der Waals surface area contributed by atoms with Crippen LogP contribution in [0.4, 0.5) is 5.82 Å². The van der Waals surface area contributed by atoms with Crippen molar-refractivity contribution in [2.24, 2.45) is 0 Å². The fourth-order valence-electron chi connectivity index (χ4n) is 2.86. The number of hydrogen-bond donors (Lipinski definition) is 2. The summed E-state index contributed by atoms with van der Waals surface area (Å²) in [5.41, 5.74) is 3.40. The topological polar surface area (TPSA) is 83.8 Å². The van der Waals surface area contributed by atoms with Crippen LogP contribution in [0.25, 0.3) is 11.5 Å². The Morgan fingerprint density at radius 1 is 1.22 bits per heavy atom. The van der Waals surface area contributed by atoms with Crippen molar-refractivity contribution in [3.05, 3.63) is 62.7 Å². The Hall–Kier alpha value is -2.41. The van der Waals surface area contributed by atoms with E-state index in [1.807, 2.05) is 12.1 Å². The Kier molecular flexibility index (Phi) is 3.49. The van der Waals surface area contributed by atoms with Gasteiger partial charge in [0.1, 0.15) is 5.82 Å². The molecule has 2 N–H and O–H groups in total. The molecule has 2 heterocycles. The molecule has 1 atom stereocenters. The van der Waals surface area contributed by atoms with Crippen LogP contribution in [0.2, 0.25) is 0 Å². The molecule has 0 saturated carbocycles. The van der Waals surface area contributed by atoms with E-state index in [-0.39, 0.29) is 5.89 Å². The number of hydrogen-bond acceptors (Lipinski definition) is 5. The first-order valence-electron chi connectivity index (χ1n) is 7.23. The molecule has 0 fully saturated rings. The third-order valence-corrected chi connectivity index (χ3v) is 4.39. The van der Waals surface area contributed by atoms with Gasteiger partial charge >= 0.3 is 5.76 Å². The van der Waals surface area contributed by atoms with Gasteiger partial charge in [-0.15, -0.1) is 5.10 Å². The fourth-order valence-corrected chi connectivity index (χ4v) is 3.27. The van der Waals surface area contributed by atoms with E-state index in [0.29, 0.717) is 11.6 Å². The molecule has 7 heteroatoms. The zero-order valence-corrected chi connectivity index (χ0v) is 13.6. The number of pyridine rings is 1. The standard InChI is InChI=1S/C16H13BrN4O2/c17-12-3-1-9-6-13(7-11(9)5-12)19-14-4-2-10(8-18-14)15-20-21-16(22)23-15/h1-5,8,13H,6-7H2,(H,18,19)(H,21,22). The number of benzene rings is 1. The average Bonchev–Trinajstić information content (AvgIpc) is 3.13. The lowest BCUT2D eigenvalue weighted by Gasteiger charge is -2.12. The summed E-state index contributed by atoms with van der Waals surface area (Å²) in [7, 11) is 0. The van der Waals surface area contributed by atoms with Crippen LogP contribution in [0, 0.1) is 0 Å². The van der Waals surface area contributed by atoms with Gasteiger partial charge in [-0.3, -0.25) is 0 Å². The number of nitrogens with zero attached hydrogens (tertiary/aromatic N) is 2. The maximum atomic E-state index is 11.0. The number of nitrogens with one attached hydrogen (secondary N) is 2. The molecule has 1 aliphatic rings. The second kappa shape index (κ2) is 5.66. The molecule has 23 heavy (non-hydrogen) atoms. The molecule has 1 aliphatic carbocycles. The SMILES string of the molecule is O=c1[nH]nc(-c2ccc(NC3Cc4ccc(Br)cc4C3)nc2)o1.